The van der Waals surface area contributed by atoms with E-state index in [1.807, 2.05) is 0 Å². The Morgan fingerprint density at radius 1 is 1.45 bits per heavy atom. The molecule has 0 aliphatic carbocycles. The van der Waals surface area contributed by atoms with Crippen molar-refractivity contribution in [3.63, 3.8) is 0 Å². The van der Waals surface area contributed by atoms with E-state index in [0.29, 0.717) is 0 Å². The molecule has 2 saturated heterocycles. The van der Waals surface area contributed by atoms with Crippen LogP contribution in [0.5, 0.6) is 0 Å². The summed E-state index contributed by atoms with van der Waals surface area (Å²) in [5, 5.41) is 2.54. The third kappa shape index (κ3) is 0.895. The van der Waals surface area contributed by atoms with Crippen LogP contribution < -0.4 is 5.32 Å². The van der Waals surface area contributed by atoms with Crippen LogP contribution in [-0.2, 0) is 4.79 Å². The Morgan fingerprint density at radius 3 is 3.00 bits per heavy atom. The number of ketones is 1. The molecule has 2 amide bonds. The average Bonchev–Trinajstić information content (AvgIpc) is 2.45. The number of nitrogens with zero attached hydrogens (tertiary/aromatic N) is 1. The highest BCUT2D eigenvalue weighted by molar-refractivity contribution is 5.96. The molecule has 0 aromatic carbocycles. The lowest BCUT2D eigenvalue weighted by molar-refractivity contribution is -0.122. The van der Waals surface area contributed by atoms with Crippen molar-refractivity contribution in [1.82, 2.24) is 10.2 Å². The Kier molecular flexibility index (Phi) is 1.34. The number of carbonyl (C=O) groups is 2. The number of hydrogen-bond acceptors (Lipinski definition) is 2. The van der Waals surface area contributed by atoms with E-state index in [9.17, 15) is 9.59 Å². The summed E-state index contributed by atoms with van der Waals surface area (Å²) in [5.74, 6) is 0.155. The van der Waals surface area contributed by atoms with Crippen molar-refractivity contribution in [1.29, 1.82) is 0 Å². The molecule has 1 unspecified atom stereocenters. The van der Waals surface area contributed by atoms with Gasteiger partial charge in [-0.15, -0.1) is 0 Å². The van der Waals surface area contributed by atoms with Crippen molar-refractivity contribution in [2.45, 2.75) is 18.9 Å². The molecule has 0 aromatic heterocycles. The molecule has 0 aromatic rings. The summed E-state index contributed by atoms with van der Waals surface area (Å²) in [6, 6.07) is -0.184. The predicted octanol–water partition coefficient (Wildman–Crippen LogP) is -0.257. The minimum atomic E-state index is -0.108. The first kappa shape index (κ1) is 6.64. The third-order valence-electron chi connectivity index (χ3n) is 2.30. The SMILES string of the molecule is O=C1CNC(=O)N2CCCC12. The van der Waals surface area contributed by atoms with Gasteiger partial charge in [0.25, 0.3) is 0 Å². The Labute approximate surface area is 64.5 Å². The normalized spacial score (nSPS) is 30.2. The topological polar surface area (TPSA) is 49.4 Å². The zero-order valence-corrected chi connectivity index (χ0v) is 6.17. The van der Waals surface area contributed by atoms with Gasteiger partial charge in [-0.25, -0.2) is 4.79 Å². The summed E-state index contributed by atoms with van der Waals surface area (Å²) in [6.07, 6.45) is 1.82. The maximum absolute atomic E-state index is 11.2. The first-order valence-electron chi connectivity index (χ1n) is 3.86. The Morgan fingerprint density at radius 2 is 2.27 bits per heavy atom. The fraction of sp³-hybridized carbons (Fsp3) is 0.714. The largest absolute Gasteiger partial charge is 0.331 e. The van der Waals surface area contributed by atoms with Crippen molar-refractivity contribution < 1.29 is 9.59 Å². The van der Waals surface area contributed by atoms with Gasteiger partial charge in [-0.05, 0) is 12.8 Å². The van der Waals surface area contributed by atoms with Gasteiger partial charge in [0, 0.05) is 6.54 Å². The molecular weight excluding hydrogens is 144 g/mol. The molecule has 11 heavy (non-hydrogen) atoms. The van der Waals surface area contributed by atoms with Crippen LogP contribution in [0.3, 0.4) is 0 Å². The zero-order chi connectivity index (χ0) is 7.84. The number of hydrogen-bond donors (Lipinski definition) is 1. The fourth-order valence-electron chi connectivity index (χ4n) is 1.73. The van der Waals surface area contributed by atoms with Crippen LogP contribution in [0.25, 0.3) is 0 Å². The molecule has 2 heterocycles. The van der Waals surface area contributed by atoms with Gasteiger partial charge in [-0.2, -0.15) is 0 Å². The summed E-state index contributed by atoms with van der Waals surface area (Å²) >= 11 is 0. The first-order valence-corrected chi connectivity index (χ1v) is 3.86. The lowest BCUT2D eigenvalue weighted by Gasteiger charge is -2.28. The van der Waals surface area contributed by atoms with Crippen LogP contribution in [0.1, 0.15) is 12.8 Å². The van der Waals surface area contributed by atoms with E-state index in [4.69, 9.17) is 0 Å². The number of carbonyl (C=O) groups excluding carboxylic acids is 2. The van der Waals surface area contributed by atoms with Gasteiger partial charge in [0.1, 0.15) is 0 Å². The fourth-order valence-corrected chi connectivity index (χ4v) is 1.73. The Bertz CT molecular complexity index is 192. The number of nitrogens with one attached hydrogen (secondary N) is 1. The first-order chi connectivity index (χ1) is 5.29. The second-order valence-electron chi connectivity index (χ2n) is 2.98. The van der Waals surface area contributed by atoms with E-state index in [1.165, 1.54) is 0 Å². The van der Waals surface area contributed by atoms with E-state index in [1.54, 1.807) is 4.90 Å². The van der Waals surface area contributed by atoms with Crippen LogP contribution in [0.4, 0.5) is 4.79 Å². The van der Waals surface area contributed by atoms with E-state index < -0.39 is 0 Å². The van der Waals surface area contributed by atoms with Gasteiger partial charge in [0.15, 0.2) is 5.78 Å². The summed E-state index contributed by atoms with van der Waals surface area (Å²) in [7, 11) is 0. The molecule has 0 radical (unpaired) electrons. The van der Waals surface area contributed by atoms with E-state index >= 15 is 0 Å². The number of Topliss-reactive ketones (excluding diaryl/α,β-unsaturated/α-hetero) is 1. The van der Waals surface area contributed by atoms with Gasteiger partial charge in [-0.3, -0.25) is 4.79 Å². The quantitative estimate of drug-likeness (QED) is 0.522. The van der Waals surface area contributed by atoms with E-state index in [2.05, 4.69) is 5.32 Å². The van der Waals surface area contributed by atoms with Crippen LogP contribution >= 0.6 is 0 Å². The summed E-state index contributed by atoms with van der Waals surface area (Å²) in [5.41, 5.74) is 0. The lowest BCUT2D eigenvalue weighted by Crippen LogP contribution is -2.54. The molecule has 2 aliphatic rings. The molecule has 2 aliphatic heterocycles. The van der Waals surface area contributed by atoms with E-state index in [-0.39, 0.29) is 24.4 Å². The molecule has 2 rings (SSSR count). The summed E-state index contributed by atoms with van der Waals surface area (Å²) in [6.45, 7) is 0.961. The molecule has 4 heteroatoms. The molecule has 0 saturated carbocycles. The minimum absolute atomic E-state index is 0.0768. The average molecular weight is 154 g/mol. The second kappa shape index (κ2) is 2.22. The molecule has 1 N–H and O–H groups in total. The molecule has 0 bridgehead atoms. The van der Waals surface area contributed by atoms with Crippen LogP contribution in [0.15, 0.2) is 0 Å². The maximum atomic E-state index is 11.2. The van der Waals surface area contributed by atoms with Crippen LogP contribution in [-0.4, -0.2) is 35.8 Å². The van der Waals surface area contributed by atoms with Gasteiger partial charge in [0.2, 0.25) is 0 Å². The molecular formula is C7H10N2O2. The van der Waals surface area contributed by atoms with E-state index in [0.717, 1.165) is 19.4 Å². The number of rotatable bonds is 0. The zero-order valence-electron chi connectivity index (χ0n) is 6.17. The van der Waals surface area contributed by atoms with Gasteiger partial charge in [-0.1, -0.05) is 0 Å². The Balaban J connectivity index is 2.20. The molecule has 4 nitrogen and oxygen atoms in total. The van der Waals surface area contributed by atoms with Crippen LogP contribution in [0.2, 0.25) is 0 Å². The smallest absolute Gasteiger partial charge is 0.318 e. The van der Waals surface area contributed by atoms with Crippen molar-refractivity contribution in [2.24, 2.45) is 0 Å². The molecule has 0 spiro atoms. The van der Waals surface area contributed by atoms with Crippen molar-refractivity contribution in [3.05, 3.63) is 0 Å². The third-order valence-corrected chi connectivity index (χ3v) is 2.30. The van der Waals surface area contributed by atoms with Gasteiger partial charge >= 0.3 is 6.03 Å². The van der Waals surface area contributed by atoms with Crippen LogP contribution in [0, 0.1) is 0 Å². The summed E-state index contributed by atoms with van der Waals surface area (Å²) in [4.78, 5) is 23.9. The standard InChI is InChI=1S/C7H10N2O2/c10-6-4-8-7(11)9-3-1-2-5(6)9/h5H,1-4H2,(H,8,11). The maximum Gasteiger partial charge on any atom is 0.318 e. The second-order valence-corrected chi connectivity index (χ2v) is 2.98. The molecule has 1 atom stereocenters. The predicted molar refractivity (Wildman–Crippen MR) is 38.1 cm³/mol. The lowest BCUT2D eigenvalue weighted by atomic mass is 10.1. The number of urea groups is 1. The summed E-state index contributed by atoms with van der Waals surface area (Å²) < 4.78 is 0. The minimum Gasteiger partial charge on any atom is -0.331 e. The van der Waals surface area contributed by atoms with Gasteiger partial charge < -0.3 is 10.2 Å². The Hall–Kier alpha value is -1.06. The van der Waals surface area contributed by atoms with Crippen molar-refractivity contribution in [3.8, 4) is 0 Å². The molecule has 60 valence electrons. The number of amides is 2. The highest BCUT2D eigenvalue weighted by Gasteiger charge is 2.37. The highest BCUT2D eigenvalue weighted by atomic mass is 16.2. The monoisotopic (exact) mass is 154 g/mol. The van der Waals surface area contributed by atoms with Crippen molar-refractivity contribution >= 4 is 11.8 Å². The van der Waals surface area contributed by atoms with Crippen molar-refractivity contribution in [2.75, 3.05) is 13.1 Å². The number of fused-ring (bicyclic) bond motifs is 1. The van der Waals surface area contributed by atoms with Gasteiger partial charge in [0.05, 0.1) is 12.6 Å². The molecule has 2 fully saturated rings. The highest BCUT2D eigenvalue weighted by Crippen LogP contribution is 2.19.